The highest BCUT2D eigenvalue weighted by molar-refractivity contribution is 5.68. The first-order valence-electron chi connectivity index (χ1n) is 16.9. The van der Waals surface area contributed by atoms with Crippen molar-refractivity contribution in [3.8, 4) is 12.3 Å². The van der Waals surface area contributed by atoms with Crippen LogP contribution in [0.1, 0.15) is 54.4 Å². The highest BCUT2D eigenvalue weighted by Gasteiger charge is 2.25. The van der Waals surface area contributed by atoms with Crippen LogP contribution in [0.4, 0.5) is 9.59 Å². The molecule has 274 valence electrons. The average molecular weight is 673 g/mol. The van der Waals surface area contributed by atoms with Gasteiger partial charge in [-0.05, 0) is 67.5 Å². The first-order chi connectivity index (χ1) is 22.2. The third-order valence-corrected chi connectivity index (χ3v) is 7.15. The zero-order chi connectivity index (χ0) is 35.1. The Hall–Kier alpha value is -2.18. The molecule has 0 unspecified atom stereocenters. The van der Waals surface area contributed by atoms with Crippen LogP contribution in [0.25, 0.3) is 0 Å². The van der Waals surface area contributed by atoms with Crippen molar-refractivity contribution in [1.29, 1.82) is 0 Å². The predicted molar refractivity (Wildman–Crippen MR) is 182 cm³/mol. The molecule has 1 rings (SSSR count). The lowest BCUT2D eigenvalue weighted by molar-refractivity contribution is 0.00575. The maximum atomic E-state index is 12.2. The summed E-state index contributed by atoms with van der Waals surface area (Å²) in [6, 6.07) is 0.415. The van der Waals surface area contributed by atoms with Gasteiger partial charge in [-0.2, -0.15) is 0 Å². The Morgan fingerprint density at radius 1 is 0.660 bits per heavy atom. The molecule has 0 atom stereocenters. The van der Waals surface area contributed by atoms with Crippen LogP contribution in [-0.2, 0) is 33.2 Å². The van der Waals surface area contributed by atoms with Gasteiger partial charge in [0.1, 0.15) is 17.8 Å². The van der Waals surface area contributed by atoms with Crippen LogP contribution in [0.15, 0.2) is 0 Å². The standard InChI is InChI=1S/C34H64N4O9/c1-10-20-41-26-28-45-29-27-44-23-17-37-13-11-30(12-14-37)38(18-24-42-21-15-35(8)31(39)46-33(2,3)4)19-25-43-22-16-36(9)32(40)47-34(5,6)7/h1,30H,11-29H2,2-9H3. The molecule has 0 bridgehead atoms. The summed E-state index contributed by atoms with van der Waals surface area (Å²) in [5.41, 5.74) is -1.06. The third kappa shape index (κ3) is 22.9. The van der Waals surface area contributed by atoms with E-state index in [0.29, 0.717) is 85.2 Å². The summed E-state index contributed by atoms with van der Waals surface area (Å²) in [6.45, 7) is 21.5. The van der Waals surface area contributed by atoms with Crippen LogP contribution < -0.4 is 0 Å². The SMILES string of the molecule is C#CCOCCOCCOCCN1CCC(N(CCOCCN(C)C(=O)OC(C)(C)C)CCOCCN(C)C(=O)OC(C)(C)C)CC1. The number of likely N-dealkylation sites (tertiary alicyclic amines) is 1. The molecule has 0 aromatic carbocycles. The molecule has 1 saturated heterocycles. The van der Waals surface area contributed by atoms with E-state index in [0.717, 1.165) is 45.6 Å². The minimum Gasteiger partial charge on any atom is -0.444 e. The minimum atomic E-state index is -0.531. The van der Waals surface area contributed by atoms with Crippen molar-refractivity contribution in [3.05, 3.63) is 0 Å². The van der Waals surface area contributed by atoms with Crippen LogP contribution in [0.2, 0.25) is 0 Å². The summed E-state index contributed by atoms with van der Waals surface area (Å²) < 4.78 is 39.1. The maximum Gasteiger partial charge on any atom is 0.410 e. The number of ether oxygens (including phenoxy) is 7. The molecule has 0 N–H and O–H groups in total. The van der Waals surface area contributed by atoms with Gasteiger partial charge in [-0.1, -0.05) is 5.92 Å². The van der Waals surface area contributed by atoms with E-state index in [1.165, 1.54) is 9.80 Å². The smallest absolute Gasteiger partial charge is 0.410 e. The predicted octanol–water partition coefficient (Wildman–Crippen LogP) is 3.20. The number of piperidine rings is 1. The molecular formula is C34H64N4O9. The van der Waals surface area contributed by atoms with E-state index < -0.39 is 11.2 Å². The molecular weight excluding hydrogens is 608 g/mol. The summed E-state index contributed by atoms with van der Waals surface area (Å²) >= 11 is 0. The Morgan fingerprint density at radius 2 is 1.06 bits per heavy atom. The largest absolute Gasteiger partial charge is 0.444 e. The molecule has 0 aromatic rings. The summed E-state index contributed by atoms with van der Waals surface area (Å²) in [7, 11) is 3.43. The van der Waals surface area contributed by atoms with Gasteiger partial charge in [0.05, 0.1) is 59.5 Å². The van der Waals surface area contributed by atoms with Crippen LogP contribution >= 0.6 is 0 Å². The zero-order valence-corrected chi connectivity index (χ0v) is 30.6. The summed E-state index contributed by atoms with van der Waals surface area (Å²) in [5, 5.41) is 0. The van der Waals surface area contributed by atoms with Crippen LogP contribution in [0, 0.1) is 12.3 Å². The van der Waals surface area contributed by atoms with Gasteiger partial charge in [-0.3, -0.25) is 4.90 Å². The number of rotatable bonds is 23. The second-order valence-electron chi connectivity index (χ2n) is 13.6. The quantitative estimate of drug-likeness (QED) is 0.118. The van der Waals surface area contributed by atoms with Crippen molar-refractivity contribution >= 4 is 12.2 Å². The van der Waals surface area contributed by atoms with E-state index in [-0.39, 0.29) is 12.2 Å². The minimum absolute atomic E-state index is 0.306. The Kier molecular flexibility index (Phi) is 21.9. The van der Waals surface area contributed by atoms with Crippen LogP contribution in [0.5, 0.6) is 0 Å². The van der Waals surface area contributed by atoms with Crippen molar-refractivity contribution in [3.63, 3.8) is 0 Å². The monoisotopic (exact) mass is 672 g/mol. The summed E-state index contributed by atoms with van der Waals surface area (Å²) in [4.78, 5) is 32.4. The van der Waals surface area contributed by atoms with Gasteiger partial charge >= 0.3 is 12.2 Å². The van der Waals surface area contributed by atoms with E-state index in [4.69, 9.17) is 39.6 Å². The summed E-state index contributed by atoms with van der Waals surface area (Å²) in [5.74, 6) is 2.43. The van der Waals surface area contributed by atoms with Gasteiger partial charge in [0.25, 0.3) is 0 Å². The molecule has 1 fully saturated rings. The first kappa shape index (κ1) is 42.8. The van der Waals surface area contributed by atoms with Gasteiger partial charge in [0.15, 0.2) is 0 Å². The van der Waals surface area contributed by atoms with Gasteiger partial charge < -0.3 is 47.9 Å². The molecule has 47 heavy (non-hydrogen) atoms. The molecule has 1 heterocycles. The lowest BCUT2D eigenvalue weighted by Crippen LogP contribution is -2.47. The number of terminal acetylenes is 1. The maximum absolute atomic E-state index is 12.2. The van der Waals surface area contributed by atoms with Crippen molar-refractivity contribution in [2.75, 3.05) is 126 Å². The van der Waals surface area contributed by atoms with E-state index in [9.17, 15) is 9.59 Å². The highest BCUT2D eigenvalue weighted by atomic mass is 16.6. The number of carbonyl (C=O) groups excluding carboxylic acids is 2. The topological polar surface area (TPSA) is 112 Å². The van der Waals surface area contributed by atoms with Crippen LogP contribution in [-0.4, -0.2) is 175 Å². The molecule has 0 spiro atoms. The fourth-order valence-corrected chi connectivity index (χ4v) is 4.58. The number of carbonyl (C=O) groups is 2. The van der Waals surface area contributed by atoms with Crippen molar-refractivity contribution in [1.82, 2.24) is 19.6 Å². The molecule has 0 aromatic heterocycles. The summed E-state index contributed by atoms with van der Waals surface area (Å²) in [6.07, 6.45) is 6.52. The molecule has 1 aliphatic rings. The Bertz CT molecular complexity index is 836. The van der Waals surface area contributed by atoms with Crippen molar-refractivity contribution < 1.29 is 42.7 Å². The molecule has 0 radical (unpaired) electrons. The normalized spacial score (nSPS) is 14.6. The lowest BCUT2D eigenvalue weighted by atomic mass is 10.0. The Morgan fingerprint density at radius 3 is 1.51 bits per heavy atom. The lowest BCUT2D eigenvalue weighted by Gasteiger charge is -2.38. The number of nitrogens with zero attached hydrogens (tertiary/aromatic N) is 4. The molecule has 1 aliphatic heterocycles. The fourth-order valence-electron chi connectivity index (χ4n) is 4.58. The molecule has 0 aliphatic carbocycles. The second kappa shape index (κ2) is 24.0. The van der Waals surface area contributed by atoms with Gasteiger partial charge in [0.2, 0.25) is 0 Å². The highest BCUT2D eigenvalue weighted by Crippen LogP contribution is 2.17. The molecule has 0 saturated carbocycles. The van der Waals surface area contributed by atoms with Gasteiger partial charge in [-0.15, -0.1) is 6.42 Å². The first-order valence-corrected chi connectivity index (χ1v) is 16.9. The number of hydrogen-bond donors (Lipinski definition) is 0. The van der Waals surface area contributed by atoms with E-state index in [1.807, 2.05) is 41.5 Å². The van der Waals surface area contributed by atoms with Crippen molar-refractivity contribution in [2.24, 2.45) is 0 Å². The zero-order valence-electron chi connectivity index (χ0n) is 30.6. The van der Waals surface area contributed by atoms with Crippen molar-refractivity contribution in [2.45, 2.75) is 71.6 Å². The Balaban J connectivity index is 2.44. The second-order valence-corrected chi connectivity index (χ2v) is 13.6. The van der Waals surface area contributed by atoms with E-state index in [1.54, 1.807) is 14.1 Å². The average Bonchev–Trinajstić information content (AvgIpc) is 2.99. The molecule has 13 nitrogen and oxygen atoms in total. The fraction of sp³-hybridized carbons (Fsp3) is 0.882. The number of hydrogen-bond acceptors (Lipinski definition) is 11. The van der Waals surface area contributed by atoms with Gasteiger partial charge in [-0.25, -0.2) is 9.59 Å². The van der Waals surface area contributed by atoms with E-state index in [2.05, 4.69) is 15.7 Å². The molecule has 2 amide bonds. The third-order valence-electron chi connectivity index (χ3n) is 7.15. The number of likely N-dealkylation sites (N-methyl/N-ethyl adjacent to an activating group) is 2. The number of amides is 2. The van der Waals surface area contributed by atoms with E-state index >= 15 is 0 Å². The molecule has 13 heteroatoms. The Labute approximate surface area is 284 Å². The van der Waals surface area contributed by atoms with Gasteiger partial charge in [0, 0.05) is 52.9 Å². The van der Waals surface area contributed by atoms with Crippen LogP contribution in [0.3, 0.4) is 0 Å².